The lowest BCUT2D eigenvalue weighted by Crippen LogP contribution is -2.01. The van der Waals surface area contributed by atoms with E-state index in [0.717, 1.165) is 16.5 Å². The number of nitrogen functional groups attached to an aromatic ring is 1. The number of nitrogens with zero attached hydrogens (tertiary/aromatic N) is 4. The minimum absolute atomic E-state index is 0.0276. The third kappa shape index (κ3) is 6.09. The predicted molar refractivity (Wildman–Crippen MR) is 153 cm³/mol. The Morgan fingerprint density at radius 3 is 2.23 bits per heavy atom. The third-order valence-corrected chi connectivity index (χ3v) is 6.99. The molecule has 208 valence electrons. The molecule has 0 aliphatic heterocycles. The number of anilines is 1. The smallest absolute Gasteiger partial charge is 0.296 e. The lowest BCUT2D eigenvalue weighted by atomic mass is 10.0. The Labute approximate surface area is 231 Å². The van der Waals surface area contributed by atoms with Gasteiger partial charge in [0.15, 0.2) is 5.75 Å². The number of hydrogen-bond acceptors (Lipinski definition) is 10. The second-order valence-corrected chi connectivity index (χ2v) is 10.8. The van der Waals surface area contributed by atoms with Crippen molar-refractivity contribution in [3.05, 3.63) is 70.8 Å². The van der Waals surface area contributed by atoms with Gasteiger partial charge in [0, 0.05) is 17.1 Å². The molecule has 0 aromatic heterocycles. The number of aliphatic hydroxyl groups excluding tert-OH is 1. The predicted octanol–water partition coefficient (Wildman–Crippen LogP) is 6.81. The summed E-state index contributed by atoms with van der Waals surface area (Å²) >= 11 is 0. The summed E-state index contributed by atoms with van der Waals surface area (Å²) in [5.74, 6) is 0.133. The Bertz CT molecular complexity index is 1780. The number of rotatable bonds is 8. The number of phenols is 1. The van der Waals surface area contributed by atoms with Crippen molar-refractivity contribution < 1.29 is 27.9 Å². The van der Waals surface area contributed by atoms with Crippen molar-refractivity contribution in [1.29, 1.82) is 0 Å². The molecule has 0 spiro atoms. The van der Waals surface area contributed by atoms with Gasteiger partial charge in [-0.3, -0.25) is 4.55 Å². The highest BCUT2D eigenvalue weighted by Gasteiger charge is 2.17. The number of azo groups is 2. The monoisotopic (exact) mass is 563 g/mol. The molecule has 0 bridgehead atoms. The fraction of sp³-hybridized carbons (Fsp3) is 0.214. The number of fused-ring (bicyclic) bond motifs is 1. The largest absolute Gasteiger partial charge is 0.505 e. The highest BCUT2D eigenvalue weighted by molar-refractivity contribution is 7.86. The molecular weight excluding hydrogens is 534 g/mol. The van der Waals surface area contributed by atoms with Crippen LogP contribution in [-0.2, 0) is 10.1 Å². The Hall–Kier alpha value is -4.39. The van der Waals surface area contributed by atoms with Crippen LogP contribution in [0.25, 0.3) is 10.8 Å². The van der Waals surface area contributed by atoms with E-state index in [-0.39, 0.29) is 41.0 Å². The zero-order valence-corrected chi connectivity index (χ0v) is 23.2. The number of nitrogens with two attached hydrogens (primary N) is 1. The van der Waals surface area contributed by atoms with E-state index in [9.17, 15) is 23.2 Å². The van der Waals surface area contributed by atoms with E-state index in [0.29, 0.717) is 33.6 Å². The first kappa shape index (κ1) is 28.6. The summed E-state index contributed by atoms with van der Waals surface area (Å²) < 4.78 is 38.7. The zero-order chi connectivity index (χ0) is 29.2. The second-order valence-electron chi connectivity index (χ2n) is 9.37. The molecule has 4 aromatic carbocycles. The molecule has 0 atom stereocenters. The summed E-state index contributed by atoms with van der Waals surface area (Å²) in [5, 5.41) is 38.4. The van der Waals surface area contributed by atoms with Crippen LogP contribution in [0.3, 0.4) is 0 Å². The molecule has 11 nitrogen and oxygen atoms in total. The number of ether oxygens (including phenoxy) is 1. The highest BCUT2D eigenvalue weighted by Crippen LogP contribution is 2.43. The lowest BCUT2D eigenvalue weighted by Gasteiger charge is -2.12. The molecule has 0 amide bonds. The summed E-state index contributed by atoms with van der Waals surface area (Å²) in [6.45, 7) is 6.92. The van der Waals surface area contributed by atoms with E-state index in [4.69, 9.17) is 10.5 Å². The van der Waals surface area contributed by atoms with Crippen molar-refractivity contribution in [1.82, 2.24) is 0 Å². The number of aryl methyl sites for hydroxylation is 4. The van der Waals surface area contributed by atoms with Crippen LogP contribution < -0.4 is 10.5 Å². The topological polar surface area (TPSA) is 180 Å². The molecule has 0 radical (unpaired) electrons. The molecule has 40 heavy (non-hydrogen) atoms. The number of benzene rings is 4. The molecule has 0 saturated carbocycles. The minimum Gasteiger partial charge on any atom is -0.505 e. The van der Waals surface area contributed by atoms with E-state index >= 15 is 0 Å². The Morgan fingerprint density at radius 2 is 1.52 bits per heavy atom. The number of aromatic hydroxyl groups is 1. The van der Waals surface area contributed by atoms with Gasteiger partial charge in [-0.05, 0) is 85.7 Å². The maximum atomic E-state index is 11.8. The van der Waals surface area contributed by atoms with Gasteiger partial charge in [-0.1, -0.05) is 12.1 Å². The molecule has 4 rings (SSSR count). The summed E-state index contributed by atoms with van der Waals surface area (Å²) in [4.78, 5) is -0.372. The van der Waals surface area contributed by atoms with Gasteiger partial charge >= 0.3 is 0 Å². The molecule has 4 aromatic rings. The highest BCUT2D eigenvalue weighted by atomic mass is 32.2. The van der Waals surface area contributed by atoms with Gasteiger partial charge in [0.2, 0.25) is 0 Å². The van der Waals surface area contributed by atoms with Crippen LogP contribution in [-0.4, -0.2) is 36.4 Å². The Morgan fingerprint density at radius 1 is 0.825 bits per heavy atom. The standard InChI is InChI=1S/C28H29N5O6S/c1-15-5-6-25(40(36,37)38)23(11-15)32-30-21-14-24(39-8-7-34)22(13-17(21)3)31-33-27-18(4)12-19-9-16(2)10-20(29)26(19)28(27)35/h5-6,9-14,34-35H,7-8,29H2,1-4H3,(H,36,37,38). The van der Waals surface area contributed by atoms with Crippen LogP contribution >= 0.6 is 0 Å². The maximum Gasteiger partial charge on any atom is 0.296 e. The normalized spacial score (nSPS) is 12.2. The van der Waals surface area contributed by atoms with Crippen LogP contribution in [0.4, 0.5) is 28.4 Å². The average Bonchev–Trinajstić information content (AvgIpc) is 2.85. The van der Waals surface area contributed by atoms with Crippen molar-refractivity contribution in [2.45, 2.75) is 32.6 Å². The zero-order valence-electron chi connectivity index (χ0n) is 22.4. The Balaban J connectivity index is 1.77. The van der Waals surface area contributed by atoms with Gasteiger partial charge in [-0.15, -0.1) is 15.3 Å². The van der Waals surface area contributed by atoms with Crippen molar-refractivity contribution in [2.24, 2.45) is 20.5 Å². The summed E-state index contributed by atoms with van der Waals surface area (Å²) in [6, 6.07) is 13.0. The molecule has 5 N–H and O–H groups in total. The van der Waals surface area contributed by atoms with Crippen molar-refractivity contribution in [3.8, 4) is 11.5 Å². The molecule has 0 heterocycles. The molecular formula is C28H29N5O6S. The van der Waals surface area contributed by atoms with Crippen LogP contribution in [0.5, 0.6) is 11.5 Å². The van der Waals surface area contributed by atoms with Gasteiger partial charge in [-0.25, -0.2) is 0 Å². The third-order valence-electron chi connectivity index (χ3n) is 6.09. The number of aliphatic hydroxyl groups is 1. The fourth-order valence-electron chi connectivity index (χ4n) is 4.22. The molecule has 12 heteroatoms. The second kappa shape index (κ2) is 11.4. The first-order valence-corrected chi connectivity index (χ1v) is 13.7. The average molecular weight is 564 g/mol. The quantitative estimate of drug-likeness (QED) is 0.103. The van der Waals surface area contributed by atoms with Gasteiger partial charge in [0.05, 0.1) is 12.3 Å². The van der Waals surface area contributed by atoms with E-state index in [1.54, 1.807) is 39.0 Å². The summed E-state index contributed by atoms with van der Waals surface area (Å²) in [6.07, 6.45) is 0. The lowest BCUT2D eigenvalue weighted by molar-refractivity contribution is 0.202. The number of phenolic OH excluding ortho intramolecular Hbond substituents is 1. The molecule has 0 aliphatic carbocycles. The fourth-order valence-corrected chi connectivity index (χ4v) is 4.82. The number of hydrogen-bond donors (Lipinski definition) is 4. The van der Waals surface area contributed by atoms with Gasteiger partial charge in [0.25, 0.3) is 10.1 Å². The molecule has 0 saturated heterocycles. The van der Waals surface area contributed by atoms with Crippen LogP contribution in [0, 0.1) is 27.7 Å². The maximum absolute atomic E-state index is 11.8. The van der Waals surface area contributed by atoms with Gasteiger partial charge in [0.1, 0.15) is 34.3 Å². The minimum atomic E-state index is -4.51. The van der Waals surface area contributed by atoms with Crippen LogP contribution in [0.1, 0.15) is 22.3 Å². The van der Waals surface area contributed by atoms with Crippen LogP contribution in [0.2, 0.25) is 0 Å². The van der Waals surface area contributed by atoms with Crippen molar-refractivity contribution >= 4 is 49.3 Å². The van der Waals surface area contributed by atoms with E-state index in [2.05, 4.69) is 20.5 Å². The van der Waals surface area contributed by atoms with E-state index < -0.39 is 10.1 Å². The Kier molecular flexibility index (Phi) is 8.14. The van der Waals surface area contributed by atoms with E-state index in [1.807, 2.05) is 19.1 Å². The first-order chi connectivity index (χ1) is 18.9. The van der Waals surface area contributed by atoms with Gasteiger partial charge in [-0.2, -0.15) is 13.5 Å². The summed E-state index contributed by atoms with van der Waals surface area (Å²) in [5.41, 5.74) is 10.4. The SMILES string of the molecule is Cc1ccc(S(=O)(=O)O)c(N=Nc2cc(OCCO)c(N=Nc3c(C)cc4cc(C)cc(N)c4c3O)cc2C)c1. The van der Waals surface area contributed by atoms with Crippen molar-refractivity contribution in [2.75, 3.05) is 18.9 Å². The van der Waals surface area contributed by atoms with E-state index in [1.165, 1.54) is 18.2 Å². The molecule has 0 unspecified atom stereocenters. The van der Waals surface area contributed by atoms with Crippen LogP contribution in [0.15, 0.2) is 73.9 Å². The van der Waals surface area contributed by atoms with Crippen molar-refractivity contribution in [3.63, 3.8) is 0 Å². The molecule has 0 aliphatic rings. The summed E-state index contributed by atoms with van der Waals surface area (Å²) in [7, 11) is -4.51. The molecule has 0 fully saturated rings. The first-order valence-electron chi connectivity index (χ1n) is 12.2. The van der Waals surface area contributed by atoms with Gasteiger partial charge < -0.3 is 20.7 Å².